The Morgan fingerprint density at radius 2 is 2.13 bits per heavy atom. The van der Waals surface area contributed by atoms with E-state index in [9.17, 15) is 9.50 Å². The summed E-state index contributed by atoms with van der Waals surface area (Å²) >= 11 is 0. The van der Waals surface area contributed by atoms with Crippen LogP contribution in [-0.4, -0.2) is 11.2 Å². The van der Waals surface area contributed by atoms with E-state index in [4.69, 9.17) is 11.2 Å². The van der Waals surface area contributed by atoms with Gasteiger partial charge in [0.25, 0.3) is 0 Å². The van der Waals surface area contributed by atoms with Crippen LogP contribution >= 0.6 is 0 Å². The summed E-state index contributed by atoms with van der Waals surface area (Å²) in [4.78, 5) is 0. The fraction of sp³-hybridized carbons (Fsp3) is 0.600. The highest BCUT2D eigenvalue weighted by molar-refractivity contribution is 5.42. The molecule has 0 unspecified atom stereocenters. The van der Waals surface area contributed by atoms with Gasteiger partial charge in [-0.05, 0) is 85.0 Å². The highest BCUT2D eigenvalue weighted by atomic mass is 19.1. The predicted molar refractivity (Wildman–Crippen MR) is 86.5 cm³/mol. The highest BCUT2D eigenvalue weighted by Crippen LogP contribution is 2.61. The van der Waals surface area contributed by atoms with Crippen LogP contribution in [0.15, 0.2) is 12.1 Å². The molecule has 0 amide bonds. The average Bonchev–Trinajstić information content (AvgIpc) is 2.84. The predicted octanol–water partition coefficient (Wildman–Crippen LogP) is 4.01. The molecule has 0 heterocycles. The number of hydrogen-bond donors (Lipinski definition) is 1. The SMILES string of the molecule is C#COc1cc2c(cc1F)[C@H]1CC[C@]3(C)[C@H](O)CC[C@H]3[C@@H]1CC2. The fourth-order valence-electron chi connectivity index (χ4n) is 5.69. The third-order valence-corrected chi connectivity index (χ3v) is 6.90. The summed E-state index contributed by atoms with van der Waals surface area (Å²) in [5.74, 6) is 1.35. The molecular weight excluding hydrogens is 291 g/mol. The normalized spacial score (nSPS) is 38.2. The molecule has 2 saturated carbocycles. The Balaban J connectivity index is 1.70. The van der Waals surface area contributed by atoms with Gasteiger partial charge in [0.1, 0.15) is 6.11 Å². The van der Waals surface area contributed by atoms with Crippen LogP contribution in [-0.2, 0) is 6.42 Å². The molecule has 1 aromatic carbocycles. The van der Waals surface area contributed by atoms with Crippen molar-refractivity contribution in [3.63, 3.8) is 0 Å². The van der Waals surface area contributed by atoms with E-state index in [2.05, 4.69) is 13.0 Å². The van der Waals surface area contributed by atoms with Crippen LogP contribution in [0.3, 0.4) is 0 Å². The number of terminal acetylenes is 1. The quantitative estimate of drug-likeness (QED) is 0.794. The minimum atomic E-state index is -0.359. The third-order valence-electron chi connectivity index (χ3n) is 6.90. The number of benzene rings is 1. The number of rotatable bonds is 1. The largest absolute Gasteiger partial charge is 0.405 e. The molecule has 0 aliphatic heterocycles. The summed E-state index contributed by atoms with van der Waals surface area (Å²) in [7, 11) is 0. The van der Waals surface area contributed by atoms with Crippen LogP contribution < -0.4 is 4.74 Å². The van der Waals surface area contributed by atoms with E-state index in [1.165, 1.54) is 5.56 Å². The van der Waals surface area contributed by atoms with Crippen molar-refractivity contribution in [3.05, 3.63) is 29.1 Å². The average molecular weight is 314 g/mol. The third kappa shape index (κ3) is 2.11. The first-order valence-corrected chi connectivity index (χ1v) is 8.67. The van der Waals surface area contributed by atoms with Gasteiger partial charge in [-0.15, -0.1) is 0 Å². The second-order valence-electron chi connectivity index (χ2n) is 7.75. The van der Waals surface area contributed by atoms with Gasteiger partial charge in [0, 0.05) is 0 Å². The zero-order valence-corrected chi connectivity index (χ0v) is 13.5. The van der Waals surface area contributed by atoms with E-state index in [0.717, 1.165) is 44.1 Å². The Morgan fingerprint density at radius 3 is 2.91 bits per heavy atom. The van der Waals surface area contributed by atoms with Gasteiger partial charge in [-0.1, -0.05) is 13.3 Å². The topological polar surface area (TPSA) is 29.5 Å². The Kier molecular flexibility index (Phi) is 3.43. The molecular formula is C20H23FO2. The van der Waals surface area contributed by atoms with Gasteiger partial charge in [0.05, 0.1) is 6.10 Å². The van der Waals surface area contributed by atoms with Gasteiger partial charge < -0.3 is 9.84 Å². The van der Waals surface area contributed by atoms with Crippen molar-refractivity contribution in [2.75, 3.05) is 0 Å². The molecule has 0 saturated heterocycles. The Morgan fingerprint density at radius 1 is 1.30 bits per heavy atom. The zero-order valence-electron chi connectivity index (χ0n) is 13.5. The molecule has 1 N–H and O–H groups in total. The summed E-state index contributed by atoms with van der Waals surface area (Å²) in [6.07, 6.45) is 13.2. The maximum Gasteiger partial charge on any atom is 0.176 e. The number of fused-ring (bicyclic) bond motifs is 5. The minimum Gasteiger partial charge on any atom is -0.405 e. The Labute approximate surface area is 137 Å². The minimum absolute atomic E-state index is 0.0593. The molecule has 3 heteroatoms. The van der Waals surface area contributed by atoms with E-state index in [1.54, 1.807) is 12.1 Å². The maximum absolute atomic E-state index is 14.3. The Hall–Kier alpha value is -1.53. The number of aliphatic hydroxyl groups excluding tert-OH is 1. The van der Waals surface area contributed by atoms with Crippen molar-refractivity contribution in [1.29, 1.82) is 0 Å². The lowest BCUT2D eigenvalue weighted by atomic mass is 9.55. The molecule has 4 rings (SSSR count). The van der Waals surface area contributed by atoms with Crippen molar-refractivity contribution in [2.45, 2.75) is 57.5 Å². The van der Waals surface area contributed by atoms with Gasteiger partial charge in [0.2, 0.25) is 0 Å². The van der Waals surface area contributed by atoms with E-state index >= 15 is 0 Å². The molecule has 3 aliphatic rings. The van der Waals surface area contributed by atoms with Gasteiger partial charge in [-0.3, -0.25) is 0 Å². The zero-order chi connectivity index (χ0) is 16.2. The lowest BCUT2D eigenvalue weighted by Gasteiger charge is -2.50. The van der Waals surface area contributed by atoms with Crippen LogP contribution in [0, 0.1) is 35.6 Å². The second kappa shape index (κ2) is 5.24. The van der Waals surface area contributed by atoms with Crippen LogP contribution in [0.2, 0.25) is 0 Å². The lowest BCUT2D eigenvalue weighted by Crippen LogP contribution is -2.43. The van der Waals surface area contributed by atoms with Crippen molar-refractivity contribution in [1.82, 2.24) is 0 Å². The molecule has 0 bridgehead atoms. The standard InChI is InChI=1S/C20H23FO2/c1-3-23-18-10-12-4-5-14-13(15(12)11-17(18)21)8-9-20(2)16(14)6-7-19(20)22/h1,10-11,13-14,16,19,22H,4-9H2,2H3/t13-,14+,16-,19+,20-/m0/s1. The van der Waals surface area contributed by atoms with Crippen molar-refractivity contribution < 1.29 is 14.2 Å². The summed E-state index contributed by atoms with van der Waals surface area (Å²) < 4.78 is 19.2. The molecule has 5 atom stereocenters. The first-order chi connectivity index (χ1) is 11.0. The summed E-state index contributed by atoms with van der Waals surface area (Å²) in [5.41, 5.74) is 2.38. The lowest BCUT2D eigenvalue weighted by molar-refractivity contribution is -0.0226. The molecule has 122 valence electrons. The van der Waals surface area contributed by atoms with E-state index < -0.39 is 0 Å². The first kappa shape index (κ1) is 15.0. The van der Waals surface area contributed by atoms with Crippen LogP contribution in [0.25, 0.3) is 0 Å². The molecule has 2 fully saturated rings. The molecule has 23 heavy (non-hydrogen) atoms. The Bertz CT molecular complexity index is 677. The van der Waals surface area contributed by atoms with Crippen molar-refractivity contribution in [2.24, 2.45) is 17.3 Å². The summed E-state index contributed by atoms with van der Waals surface area (Å²) in [5, 5.41) is 10.4. The first-order valence-electron chi connectivity index (χ1n) is 8.67. The van der Waals surface area contributed by atoms with Gasteiger partial charge >= 0.3 is 0 Å². The van der Waals surface area contributed by atoms with Gasteiger partial charge in [0.15, 0.2) is 11.6 Å². The molecule has 2 nitrogen and oxygen atoms in total. The van der Waals surface area contributed by atoms with Crippen LogP contribution in [0.5, 0.6) is 5.75 Å². The molecule has 0 spiro atoms. The summed E-state index contributed by atoms with van der Waals surface area (Å²) in [6, 6.07) is 3.44. The molecule has 3 aliphatic carbocycles. The van der Waals surface area contributed by atoms with Crippen LogP contribution in [0.1, 0.15) is 56.1 Å². The fourth-order valence-corrected chi connectivity index (χ4v) is 5.69. The monoisotopic (exact) mass is 314 g/mol. The number of ether oxygens (including phenoxy) is 1. The number of aryl methyl sites for hydroxylation is 1. The van der Waals surface area contributed by atoms with Gasteiger partial charge in [-0.2, -0.15) is 0 Å². The maximum atomic E-state index is 14.3. The highest BCUT2D eigenvalue weighted by Gasteiger charge is 2.54. The number of hydrogen-bond acceptors (Lipinski definition) is 2. The van der Waals surface area contributed by atoms with Crippen LogP contribution in [0.4, 0.5) is 4.39 Å². The summed E-state index contributed by atoms with van der Waals surface area (Å²) in [6.45, 7) is 2.26. The van der Waals surface area contributed by atoms with E-state index in [-0.39, 0.29) is 23.1 Å². The van der Waals surface area contributed by atoms with Gasteiger partial charge in [-0.25, -0.2) is 4.39 Å². The number of aliphatic hydroxyl groups is 1. The smallest absolute Gasteiger partial charge is 0.176 e. The second-order valence-corrected chi connectivity index (χ2v) is 7.75. The van der Waals surface area contributed by atoms with E-state index in [1.807, 2.05) is 0 Å². The number of halogens is 1. The van der Waals surface area contributed by atoms with Crippen molar-refractivity contribution >= 4 is 0 Å². The van der Waals surface area contributed by atoms with Crippen molar-refractivity contribution in [3.8, 4) is 18.3 Å². The molecule has 0 aromatic heterocycles. The molecule has 0 radical (unpaired) electrons. The van der Waals surface area contributed by atoms with E-state index in [0.29, 0.717) is 17.8 Å². The molecule has 1 aromatic rings.